The van der Waals surface area contributed by atoms with E-state index in [0.29, 0.717) is 0 Å². The Labute approximate surface area is 71.1 Å². The van der Waals surface area contributed by atoms with Crippen molar-refractivity contribution >= 4 is 6.08 Å². The van der Waals surface area contributed by atoms with Gasteiger partial charge < -0.3 is 0 Å². The number of hydrogen-bond acceptors (Lipinski definition) is 0. The molecule has 0 bridgehead atoms. The summed E-state index contributed by atoms with van der Waals surface area (Å²) in [7, 11) is 0. The van der Waals surface area contributed by atoms with E-state index in [0.717, 1.165) is 5.56 Å². The molecule has 0 aliphatic rings. The molecule has 0 N–H and O–H groups in total. The molecule has 50 valence electrons. The van der Waals surface area contributed by atoms with Crippen molar-refractivity contribution in [1.29, 1.82) is 0 Å². The first-order valence-electron chi connectivity index (χ1n) is 2.52. The third-order valence-electron chi connectivity index (χ3n) is 0.967. The summed E-state index contributed by atoms with van der Waals surface area (Å²) < 4.78 is 0. The largest absolute Gasteiger partial charge is 1.00 e. The van der Waals surface area contributed by atoms with Crippen LogP contribution < -0.4 is 0 Å². The Morgan fingerprint density at radius 3 is 2.67 bits per heavy atom. The zero-order valence-corrected chi connectivity index (χ0v) is 7.06. The molecule has 0 heterocycles. The van der Waals surface area contributed by atoms with Crippen molar-refractivity contribution < 1.29 is 22.4 Å². The molecule has 0 atom stereocenters. The fraction of sp³-hybridized carbons (Fsp3) is 0. The van der Waals surface area contributed by atoms with Crippen molar-refractivity contribution in [1.82, 2.24) is 0 Å². The van der Waals surface area contributed by atoms with Crippen molar-refractivity contribution in [2.75, 3.05) is 0 Å². The van der Waals surface area contributed by atoms with Gasteiger partial charge in [-0.15, -0.1) is 18.2 Å². The fourth-order valence-corrected chi connectivity index (χ4v) is 0.534. The third kappa shape index (κ3) is 2.66. The molecule has 1 rings (SSSR count). The van der Waals surface area contributed by atoms with Crippen LogP contribution in [-0.4, -0.2) is 0 Å². The molecule has 0 fully saturated rings. The molecule has 0 aromatic heterocycles. The number of hydrogen-bond donors (Lipinski definition) is 0. The van der Waals surface area contributed by atoms with Gasteiger partial charge in [-0.3, -0.25) is 0 Å². The second-order valence-electron chi connectivity index (χ2n) is 1.54. The molecule has 0 radical (unpaired) electrons. The summed E-state index contributed by atoms with van der Waals surface area (Å²) in [5.74, 6) is 0. The van der Waals surface area contributed by atoms with E-state index in [-0.39, 0.29) is 22.4 Å². The van der Waals surface area contributed by atoms with Gasteiger partial charge in [0.1, 0.15) is 0 Å². The Hall–Kier alpha value is -0.300. The zero-order chi connectivity index (χ0) is 5.82. The third-order valence-corrected chi connectivity index (χ3v) is 0.967. The first-order chi connectivity index (χ1) is 3.93. The second-order valence-corrected chi connectivity index (χ2v) is 1.54. The Kier molecular flexibility index (Phi) is 4.41. The Bertz CT molecular complexity index is 167. The predicted octanol–water partition coefficient (Wildman–Crippen LogP) is 2.13. The second kappa shape index (κ2) is 4.57. The average Bonchev–Trinajstić information content (AvgIpc) is 1.90. The summed E-state index contributed by atoms with van der Waals surface area (Å²) in [5, 5.41) is 0. The molecule has 1 heteroatoms. The summed E-state index contributed by atoms with van der Waals surface area (Å²) in [5.41, 5.74) is 1.12. The molecule has 0 aliphatic carbocycles. The molecule has 0 saturated heterocycles. The molecule has 0 unspecified atom stereocenters. The topological polar surface area (TPSA) is 0 Å². The van der Waals surface area contributed by atoms with Crippen molar-refractivity contribution in [3.8, 4) is 0 Å². The molecule has 0 aliphatic heterocycles. The van der Waals surface area contributed by atoms with Crippen LogP contribution in [0.2, 0.25) is 0 Å². The maximum Gasteiger partial charge on any atom is 1.00 e. The summed E-state index contributed by atoms with van der Waals surface area (Å²) in [6.07, 6.45) is 1.80. The van der Waals surface area contributed by atoms with Crippen molar-refractivity contribution in [2.24, 2.45) is 0 Å². The summed E-state index contributed by atoms with van der Waals surface area (Å²) >= 11 is 0. The van der Waals surface area contributed by atoms with E-state index >= 15 is 0 Å². The monoisotopic (exact) mass is 300 g/mol. The maximum absolute atomic E-state index is 3.61. The van der Waals surface area contributed by atoms with Crippen LogP contribution in [0.25, 0.3) is 6.08 Å². The molecule has 1 aromatic rings. The standard InChI is InChI=1S/C8H7.Au/c1-2-8-6-4-3-5-7-8;/h2-4,6-7H,1H2;/q-1;+1. The normalized spacial score (nSPS) is 7.56. The van der Waals surface area contributed by atoms with Crippen LogP contribution in [0.15, 0.2) is 30.8 Å². The van der Waals surface area contributed by atoms with E-state index in [9.17, 15) is 0 Å². The molecular weight excluding hydrogens is 293 g/mol. The molecule has 1 aromatic carbocycles. The van der Waals surface area contributed by atoms with Gasteiger partial charge in [-0.05, 0) is 0 Å². The van der Waals surface area contributed by atoms with Crippen LogP contribution in [0.4, 0.5) is 0 Å². The first-order valence-corrected chi connectivity index (χ1v) is 2.52. The minimum Gasteiger partial charge on any atom is -0.183 e. The zero-order valence-electron chi connectivity index (χ0n) is 4.90. The quantitative estimate of drug-likeness (QED) is 0.550. The van der Waals surface area contributed by atoms with Crippen LogP contribution in [0.5, 0.6) is 0 Å². The van der Waals surface area contributed by atoms with Crippen LogP contribution in [0, 0.1) is 6.07 Å². The van der Waals surface area contributed by atoms with Crippen LogP contribution in [0.3, 0.4) is 0 Å². The van der Waals surface area contributed by atoms with Crippen LogP contribution in [-0.2, 0) is 22.4 Å². The van der Waals surface area contributed by atoms with Gasteiger partial charge in [0.05, 0.1) is 0 Å². The van der Waals surface area contributed by atoms with E-state index in [1.807, 2.05) is 24.3 Å². The van der Waals surface area contributed by atoms with Crippen molar-refractivity contribution in [3.05, 3.63) is 42.5 Å². The van der Waals surface area contributed by atoms with E-state index < -0.39 is 0 Å². The van der Waals surface area contributed by atoms with Gasteiger partial charge in [-0.2, -0.15) is 30.3 Å². The van der Waals surface area contributed by atoms with Gasteiger partial charge in [-0.1, -0.05) is 0 Å². The van der Waals surface area contributed by atoms with Crippen molar-refractivity contribution in [3.63, 3.8) is 0 Å². The predicted molar refractivity (Wildman–Crippen MR) is 35.4 cm³/mol. The van der Waals surface area contributed by atoms with Gasteiger partial charge in [0.2, 0.25) is 0 Å². The van der Waals surface area contributed by atoms with Gasteiger partial charge in [-0.25, -0.2) is 0 Å². The SMILES string of the molecule is C=Cc1c[c-]ccc1.[Au+]. The molecule has 0 spiro atoms. The minimum absolute atomic E-state index is 0. The maximum atomic E-state index is 3.61. The van der Waals surface area contributed by atoms with E-state index in [1.54, 1.807) is 6.08 Å². The van der Waals surface area contributed by atoms with E-state index in [4.69, 9.17) is 0 Å². The summed E-state index contributed by atoms with van der Waals surface area (Å²) in [6.45, 7) is 3.61. The molecule has 0 nitrogen and oxygen atoms in total. The minimum atomic E-state index is 0. The summed E-state index contributed by atoms with van der Waals surface area (Å²) in [6, 6.07) is 10.6. The Morgan fingerprint density at radius 2 is 2.33 bits per heavy atom. The van der Waals surface area contributed by atoms with E-state index in [1.165, 1.54) is 0 Å². The molecular formula is C8H7Au. The van der Waals surface area contributed by atoms with Gasteiger partial charge in [0, 0.05) is 0 Å². The van der Waals surface area contributed by atoms with Crippen LogP contribution in [0.1, 0.15) is 5.56 Å². The fourth-order valence-electron chi connectivity index (χ4n) is 0.534. The number of rotatable bonds is 1. The number of benzene rings is 1. The van der Waals surface area contributed by atoms with Crippen LogP contribution >= 0.6 is 0 Å². The Balaban J connectivity index is 0.000000640. The molecule has 0 saturated carbocycles. The van der Waals surface area contributed by atoms with Gasteiger partial charge >= 0.3 is 22.4 Å². The first kappa shape index (κ1) is 8.70. The van der Waals surface area contributed by atoms with Gasteiger partial charge in [0.15, 0.2) is 0 Å². The Morgan fingerprint density at radius 1 is 1.56 bits per heavy atom. The summed E-state index contributed by atoms with van der Waals surface area (Å²) in [4.78, 5) is 0. The molecule has 9 heavy (non-hydrogen) atoms. The molecule has 0 amide bonds. The average molecular weight is 300 g/mol. The van der Waals surface area contributed by atoms with Gasteiger partial charge in [0.25, 0.3) is 0 Å². The smallest absolute Gasteiger partial charge is 0.183 e. The van der Waals surface area contributed by atoms with Crippen molar-refractivity contribution in [2.45, 2.75) is 0 Å². The van der Waals surface area contributed by atoms with E-state index in [2.05, 4.69) is 12.6 Å².